The number of methoxy groups -OCH3 is 1. The van der Waals surface area contributed by atoms with Gasteiger partial charge in [0, 0.05) is 18.9 Å². The van der Waals surface area contributed by atoms with Crippen LogP contribution in [0.2, 0.25) is 0 Å². The van der Waals surface area contributed by atoms with Crippen molar-refractivity contribution in [2.45, 2.75) is 76.9 Å². The molecule has 0 amide bonds. The molecule has 138 valence electrons. The lowest BCUT2D eigenvalue weighted by Gasteiger charge is -2.62. The minimum atomic E-state index is -0.936. The molecule has 10 unspecified atom stereocenters. The molecule has 3 heteroatoms. The van der Waals surface area contributed by atoms with E-state index in [9.17, 15) is 9.90 Å². The van der Waals surface area contributed by atoms with Crippen molar-refractivity contribution in [1.82, 2.24) is 0 Å². The molecule has 25 heavy (non-hydrogen) atoms. The van der Waals surface area contributed by atoms with Crippen molar-refractivity contribution >= 4 is 5.78 Å². The summed E-state index contributed by atoms with van der Waals surface area (Å²) in [6.07, 6.45) is 9.44. The summed E-state index contributed by atoms with van der Waals surface area (Å²) in [6, 6.07) is 0. The third-order valence-electron chi connectivity index (χ3n) is 11.3. The van der Waals surface area contributed by atoms with Gasteiger partial charge in [-0.05, 0) is 73.0 Å². The first-order valence-corrected chi connectivity index (χ1v) is 10.6. The third-order valence-corrected chi connectivity index (χ3v) is 11.3. The SMILES string of the molecule is COC1CC(=O)C2C3C4CC(C)(C12O)C3(C)C12CCCC1CCC4C2. The molecule has 6 saturated carbocycles. The molecule has 0 radical (unpaired) electrons. The summed E-state index contributed by atoms with van der Waals surface area (Å²) in [7, 11) is 1.69. The Morgan fingerprint density at radius 1 is 1.16 bits per heavy atom. The number of ether oxygens (including phenoxy) is 1. The fraction of sp³-hybridized carbons (Fsp3) is 0.955. The Bertz CT molecular complexity index is 674. The molecular weight excluding hydrogens is 312 g/mol. The summed E-state index contributed by atoms with van der Waals surface area (Å²) in [5.41, 5.74) is -0.626. The number of hydrogen-bond acceptors (Lipinski definition) is 3. The van der Waals surface area contributed by atoms with Crippen LogP contribution in [0, 0.1) is 45.8 Å². The molecular formula is C22H32O3. The zero-order valence-electron chi connectivity index (χ0n) is 15.9. The van der Waals surface area contributed by atoms with Gasteiger partial charge in [-0.2, -0.15) is 0 Å². The van der Waals surface area contributed by atoms with Crippen LogP contribution < -0.4 is 0 Å². The molecule has 1 N–H and O–H groups in total. The number of rotatable bonds is 1. The molecule has 0 aromatic carbocycles. The molecule has 1 spiro atoms. The normalized spacial score (nSPS) is 66.8. The summed E-state index contributed by atoms with van der Waals surface area (Å²) in [5.74, 6) is 2.82. The Kier molecular flexibility index (Phi) is 2.62. The fourth-order valence-electron chi connectivity index (χ4n) is 10.5. The molecule has 6 fully saturated rings. The fourth-order valence-corrected chi connectivity index (χ4v) is 10.5. The van der Waals surface area contributed by atoms with Crippen LogP contribution in [0.3, 0.4) is 0 Å². The highest BCUT2D eigenvalue weighted by Gasteiger charge is 2.88. The molecule has 6 aliphatic carbocycles. The summed E-state index contributed by atoms with van der Waals surface area (Å²) in [6.45, 7) is 4.86. The van der Waals surface area contributed by atoms with E-state index in [1.54, 1.807) is 7.11 Å². The van der Waals surface area contributed by atoms with Gasteiger partial charge in [0.2, 0.25) is 0 Å². The average molecular weight is 344 g/mol. The van der Waals surface area contributed by atoms with Gasteiger partial charge in [-0.25, -0.2) is 0 Å². The predicted octanol–water partition coefficient (Wildman–Crippen LogP) is 3.58. The topological polar surface area (TPSA) is 46.5 Å². The number of hydrogen-bond donors (Lipinski definition) is 1. The van der Waals surface area contributed by atoms with Gasteiger partial charge in [-0.15, -0.1) is 0 Å². The summed E-state index contributed by atoms with van der Waals surface area (Å²) < 4.78 is 5.76. The molecule has 6 bridgehead atoms. The van der Waals surface area contributed by atoms with E-state index in [1.807, 2.05) is 0 Å². The highest BCUT2D eigenvalue weighted by molar-refractivity contribution is 5.88. The van der Waals surface area contributed by atoms with Crippen molar-refractivity contribution in [2.75, 3.05) is 7.11 Å². The molecule has 0 aromatic rings. The van der Waals surface area contributed by atoms with Crippen LogP contribution in [0.5, 0.6) is 0 Å². The van der Waals surface area contributed by atoms with Crippen LogP contribution in [-0.4, -0.2) is 29.7 Å². The van der Waals surface area contributed by atoms with Crippen LogP contribution in [0.4, 0.5) is 0 Å². The van der Waals surface area contributed by atoms with E-state index in [2.05, 4.69) is 13.8 Å². The number of carbonyl (C=O) groups excluding carboxylic acids is 1. The molecule has 10 atom stereocenters. The molecule has 3 nitrogen and oxygen atoms in total. The van der Waals surface area contributed by atoms with Gasteiger partial charge in [-0.3, -0.25) is 4.79 Å². The second-order valence-corrected chi connectivity index (χ2v) is 10.9. The van der Waals surface area contributed by atoms with Crippen LogP contribution >= 0.6 is 0 Å². The quantitative estimate of drug-likeness (QED) is 0.791. The van der Waals surface area contributed by atoms with Crippen LogP contribution in [-0.2, 0) is 9.53 Å². The first kappa shape index (κ1) is 15.6. The standard InChI is InChI=1S/C22H32O3/c1-19-11-14-12-6-7-13-5-4-8-21(13,10-12)20(19,2)17(14)18-15(23)9-16(25-3)22(18,19)24/h12-14,16-18,24H,4-11H2,1-3H3. The maximum absolute atomic E-state index is 13.1. The number of Topliss-reactive ketones (excluding diaryl/α,β-unsaturated/α-hetero) is 1. The van der Waals surface area contributed by atoms with Crippen molar-refractivity contribution < 1.29 is 14.6 Å². The van der Waals surface area contributed by atoms with E-state index < -0.39 is 5.60 Å². The Hall–Kier alpha value is -0.410. The van der Waals surface area contributed by atoms with Gasteiger partial charge in [0.05, 0.1) is 12.0 Å². The molecule has 0 aromatic heterocycles. The summed E-state index contributed by atoms with van der Waals surface area (Å²) in [5, 5.41) is 12.1. The minimum Gasteiger partial charge on any atom is -0.386 e. The van der Waals surface area contributed by atoms with E-state index in [-0.39, 0.29) is 22.9 Å². The van der Waals surface area contributed by atoms with E-state index >= 15 is 0 Å². The molecule has 6 aliphatic rings. The predicted molar refractivity (Wildman–Crippen MR) is 93.8 cm³/mol. The van der Waals surface area contributed by atoms with Gasteiger partial charge in [0.15, 0.2) is 0 Å². The first-order valence-electron chi connectivity index (χ1n) is 10.6. The second kappa shape index (κ2) is 4.19. The van der Waals surface area contributed by atoms with Gasteiger partial charge in [-0.1, -0.05) is 20.3 Å². The maximum atomic E-state index is 13.1. The van der Waals surface area contributed by atoms with E-state index in [0.717, 1.165) is 18.3 Å². The zero-order valence-corrected chi connectivity index (χ0v) is 15.9. The Balaban J connectivity index is 1.62. The van der Waals surface area contributed by atoms with Crippen molar-refractivity contribution in [3.63, 3.8) is 0 Å². The maximum Gasteiger partial charge on any atom is 0.141 e. The third kappa shape index (κ3) is 1.23. The van der Waals surface area contributed by atoms with E-state index in [1.165, 1.54) is 38.5 Å². The van der Waals surface area contributed by atoms with Crippen LogP contribution in [0.15, 0.2) is 0 Å². The lowest BCUT2D eigenvalue weighted by Crippen LogP contribution is -2.60. The number of ketones is 1. The molecule has 0 saturated heterocycles. The van der Waals surface area contributed by atoms with E-state index in [0.29, 0.717) is 29.5 Å². The van der Waals surface area contributed by atoms with Crippen molar-refractivity contribution in [1.29, 1.82) is 0 Å². The van der Waals surface area contributed by atoms with Crippen LogP contribution in [0.1, 0.15) is 65.2 Å². The second-order valence-electron chi connectivity index (χ2n) is 10.9. The smallest absolute Gasteiger partial charge is 0.141 e. The first-order chi connectivity index (χ1) is 11.8. The lowest BCUT2D eigenvalue weighted by atomic mass is 9.42. The van der Waals surface area contributed by atoms with Gasteiger partial charge in [0.25, 0.3) is 0 Å². The van der Waals surface area contributed by atoms with Crippen molar-refractivity contribution in [3.8, 4) is 0 Å². The van der Waals surface area contributed by atoms with Crippen molar-refractivity contribution in [3.05, 3.63) is 0 Å². The average Bonchev–Trinajstić information content (AvgIpc) is 3.22. The largest absolute Gasteiger partial charge is 0.386 e. The summed E-state index contributed by atoms with van der Waals surface area (Å²) >= 11 is 0. The molecule has 6 rings (SSSR count). The number of fused-ring (bicyclic) bond motifs is 4. The Morgan fingerprint density at radius 3 is 2.72 bits per heavy atom. The molecule has 0 aliphatic heterocycles. The van der Waals surface area contributed by atoms with Gasteiger partial charge >= 0.3 is 0 Å². The highest BCUT2D eigenvalue weighted by atomic mass is 16.5. The van der Waals surface area contributed by atoms with Crippen LogP contribution in [0.25, 0.3) is 0 Å². The summed E-state index contributed by atoms with van der Waals surface area (Å²) in [4.78, 5) is 13.1. The zero-order chi connectivity index (χ0) is 17.4. The Morgan fingerprint density at radius 2 is 1.96 bits per heavy atom. The number of carbonyl (C=O) groups is 1. The monoisotopic (exact) mass is 344 g/mol. The minimum absolute atomic E-state index is 0.106. The lowest BCUT2D eigenvalue weighted by molar-refractivity contribution is -0.192. The van der Waals surface area contributed by atoms with Gasteiger partial charge in [0.1, 0.15) is 11.4 Å². The van der Waals surface area contributed by atoms with Gasteiger partial charge < -0.3 is 9.84 Å². The van der Waals surface area contributed by atoms with E-state index in [4.69, 9.17) is 4.74 Å². The van der Waals surface area contributed by atoms with Crippen molar-refractivity contribution in [2.24, 2.45) is 45.8 Å². The highest BCUT2D eigenvalue weighted by Crippen LogP contribution is 2.88. The Labute approximate surface area is 150 Å². The molecule has 0 heterocycles. The number of aliphatic hydroxyl groups is 1.